The fraction of sp³-hybridized carbons (Fsp3) is 0.909. The molecule has 0 N–H and O–H groups in total. The molecular formula is C11H20ClNO2. The minimum Gasteiger partial charge on any atom is -0.381 e. The van der Waals surface area contributed by atoms with Crippen molar-refractivity contribution >= 4 is 17.5 Å². The Labute approximate surface area is 96.7 Å². The molecule has 0 aromatic heterocycles. The Morgan fingerprint density at radius 2 is 2.00 bits per heavy atom. The molecule has 1 heterocycles. The van der Waals surface area contributed by atoms with E-state index < -0.39 is 5.41 Å². The van der Waals surface area contributed by atoms with Gasteiger partial charge in [0.2, 0.25) is 5.91 Å². The van der Waals surface area contributed by atoms with Gasteiger partial charge >= 0.3 is 0 Å². The Bertz CT molecular complexity index is 225. The zero-order valence-electron chi connectivity index (χ0n) is 9.75. The molecule has 0 saturated carbocycles. The van der Waals surface area contributed by atoms with Gasteiger partial charge in [0.25, 0.3) is 0 Å². The molecule has 88 valence electrons. The second-order valence-electron chi connectivity index (χ2n) is 4.78. The van der Waals surface area contributed by atoms with Crippen LogP contribution in [0.4, 0.5) is 0 Å². The monoisotopic (exact) mass is 233 g/mol. The van der Waals surface area contributed by atoms with Gasteiger partial charge in [-0.3, -0.25) is 4.79 Å². The van der Waals surface area contributed by atoms with Gasteiger partial charge < -0.3 is 9.64 Å². The average molecular weight is 234 g/mol. The van der Waals surface area contributed by atoms with Crippen LogP contribution in [0.2, 0.25) is 0 Å². The molecule has 1 aliphatic rings. The number of halogens is 1. The second kappa shape index (κ2) is 5.17. The maximum atomic E-state index is 12.1. The lowest BCUT2D eigenvalue weighted by Gasteiger charge is -2.35. The number of nitrogens with zero attached hydrogens (tertiary/aromatic N) is 1. The zero-order valence-corrected chi connectivity index (χ0v) is 10.5. The maximum absolute atomic E-state index is 12.1. The highest BCUT2D eigenvalue weighted by molar-refractivity contribution is 6.19. The van der Waals surface area contributed by atoms with Crippen LogP contribution in [0.3, 0.4) is 0 Å². The lowest BCUT2D eigenvalue weighted by Crippen LogP contribution is -2.47. The van der Waals surface area contributed by atoms with Gasteiger partial charge in [-0.25, -0.2) is 0 Å². The molecule has 0 spiro atoms. The first-order valence-electron chi connectivity index (χ1n) is 5.40. The van der Waals surface area contributed by atoms with E-state index in [1.807, 2.05) is 25.8 Å². The molecule has 0 aromatic rings. The Balaban J connectivity index is 2.58. The second-order valence-corrected chi connectivity index (χ2v) is 5.04. The SMILES string of the molecule is CN(C(=O)C(C)(C)CCl)C1CCOCC1. The van der Waals surface area contributed by atoms with Gasteiger partial charge in [-0.15, -0.1) is 11.6 Å². The fourth-order valence-corrected chi connectivity index (χ4v) is 1.89. The van der Waals surface area contributed by atoms with Crippen molar-refractivity contribution in [3.63, 3.8) is 0 Å². The van der Waals surface area contributed by atoms with Crippen molar-refractivity contribution in [3.05, 3.63) is 0 Å². The number of ether oxygens (including phenoxy) is 1. The summed E-state index contributed by atoms with van der Waals surface area (Å²) < 4.78 is 5.28. The molecule has 1 rings (SSSR count). The number of carbonyl (C=O) groups is 1. The van der Waals surface area contributed by atoms with Gasteiger partial charge in [0.1, 0.15) is 0 Å². The van der Waals surface area contributed by atoms with E-state index in [2.05, 4.69) is 0 Å². The van der Waals surface area contributed by atoms with E-state index in [0.717, 1.165) is 26.1 Å². The van der Waals surface area contributed by atoms with Gasteiger partial charge in [0.15, 0.2) is 0 Å². The Kier molecular flexibility index (Phi) is 4.41. The number of alkyl halides is 1. The third-order valence-electron chi connectivity index (χ3n) is 2.97. The van der Waals surface area contributed by atoms with Crippen LogP contribution >= 0.6 is 11.6 Å². The summed E-state index contributed by atoms with van der Waals surface area (Å²) in [5.74, 6) is 0.490. The van der Waals surface area contributed by atoms with Crippen molar-refractivity contribution in [1.29, 1.82) is 0 Å². The summed E-state index contributed by atoms with van der Waals surface area (Å²) in [6.45, 7) is 5.28. The van der Waals surface area contributed by atoms with Crippen LogP contribution in [0.5, 0.6) is 0 Å². The summed E-state index contributed by atoms with van der Waals surface area (Å²) in [6, 6.07) is 0.314. The van der Waals surface area contributed by atoms with Gasteiger partial charge in [-0.1, -0.05) is 0 Å². The normalized spacial score (nSPS) is 18.9. The number of hydrogen-bond acceptors (Lipinski definition) is 2. The van der Waals surface area contributed by atoms with Gasteiger partial charge in [-0.2, -0.15) is 0 Å². The van der Waals surface area contributed by atoms with Crippen LogP contribution in [0.1, 0.15) is 26.7 Å². The van der Waals surface area contributed by atoms with E-state index in [1.54, 1.807) is 0 Å². The molecule has 0 unspecified atom stereocenters. The average Bonchev–Trinajstić information content (AvgIpc) is 2.28. The molecule has 0 aromatic carbocycles. The summed E-state index contributed by atoms with van der Waals surface area (Å²) in [5, 5.41) is 0. The van der Waals surface area contributed by atoms with E-state index in [-0.39, 0.29) is 5.91 Å². The topological polar surface area (TPSA) is 29.5 Å². The van der Waals surface area contributed by atoms with Crippen molar-refractivity contribution in [2.24, 2.45) is 5.41 Å². The Morgan fingerprint density at radius 1 is 1.47 bits per heavy atom. The van der Waals surface area contributed by atoms with Crippen LogP contribution in [0.25, 0.3) is 0 Å². The lowest BCUT2D eigenvalue weighted by molar-refractivity contribution is -0.141. The first-order valence-corrected chi connectivity index (χ1v) is 5.93. The fourth-order valence-electron chi connectivity index (χ4n) is 1.77. The van der Waals surface area contributed by atoms with Crippen molar-refractivity contribution in [2.75, 3.05) is 26.1 Å². The van der Waals surface area contributed by atoms with Gasteiger partial charge in [-0.05, 0) is 26.7 Å². The van der Waals surface area contributed by atoms with Crippen LogP contribution in [0.15, 0.2) is 0 Å². The molecular weight excluding hydrogens is 214 g/mol. The van der Waals surface area contributed by atoms with E-state index in [4.69, 9.17) is 16.3 Å². The van der Waals surface area contributed by atoms with Crippen LogP contribution in [0, 0.1) is 5.41 Å². The van der Waals surface area contributed by atoms with Gasteiger partial charge in [0.05, 0.1) is 5.41 Å². The van der Waals surface area contributed by atoms with E-state index in [0.29, 0.717) is 11.9 Å². The van der Waals surface area contributed by atoms with Crippen LogP contribution in [-0.2, 0) is 9.53 Å². The molecule has 4 heteroatoms. The summed E-state index contributed by atoms with van der Waals surface area (Å²) in [7, 11) is 1.87. The third-order valence-corrected chi connectivity index (χ3v) is 3.64. The minimum absolute atomic E-state index is 0.129. The Hall–Kier alpha value is -0.280. The quantitative estimate of drug-likeness (QED) is 0.697. The zero-order chi connectivity index (χ0) is 11.5. The summed E-state index contributed by atoms with van der Waals surface area (Å²) >= 11 is 5.80. The van der Waals surface area contributed by atoms with E-state index in [9.17, 15) is 4.79 Å². The number of amides is 1. The molecule has 15 heavy (non-hydrogen) atoms. The summed E-state index contributed by atoms with van der Waals surface area (Å²) in [5.41, 5.74) is -0.464. The smallest absolute Gasteiger partial charge is 0.229 e. The molecule has 1 fully saturated rings. The first kappa shape index (κ1) is 12.8. The minimum atomic E-state index is -0.464. The number of carbonyl (C=O) groups excluding carboxylic acids is 1. The van der Waals surface area contributed by atoms with Crippen molar-refractivity contribution < 1.29 is 9.53 Å². The van der Waals surface area contributed by atoms with E-state index >= 15 is 0 Å². The standard InChI is InChI=1S/C11H20ClNO2/c1-11(2,8-12)10(14)13(3)9-4-6-15-7-5-9/h9H,4-8H2,1-3H3. The molecule has 1 amide bonds. The molecule has 0 bridgehead atoms. The van der Waals surface area contributed by atoms with Gasteiger partial charge in [0, 0.05) is 32.2 Å². The predicted molar refractivity (Wildman–Crippen MR) is 61.1 cm³/mol. The molecule has 0 atom stereocenters. The highest BCUT2D eigenvalue weighted by Gasteiger charge is 2.33. The molecule has 1 saturated heterocycles. The first-order chi connectivity index (χ1) is 6.99. The van der Waals surface area contributed by atoms with Crippen molar-refractivity contribution in [3.8, 4) is 0 Å². The maximum Gasteiger partial charge on any atom is 0.229 e. The predicted octanol–water partition coefficient (Wildman–Crippen LogP) is 1.89. The van der Waals surface area contributed by atoms with Crippen molar-refractivity contribution in [1.82, 2.24) is 4.90 Å². The molecule has 0 aliphatic carbocycles. The lowest BCUT2D eigenvalue weighted by atomic mass is 9.93. The largest absolute Gasteiger partial charge is 0.381 e. The highest BCUT2D eigenvalue weighted by atomic mass is 35.5. The summed E-state index contributed by atoms with van der Waals surface area (Å²) in [6.07, 6.45) is 1.86. The van der Waals surface area contributed by atoms with E-state index in [1.165, 1.54) is 0 Å². The van der Waals surface area contributed by atoms with Crippen LogP contribution < -0.4 is 0 Å². The molecule has 1 aliphatic heterocycles. The number of rotatable bonds is 3. The van der Waals surface area contributed by atoms with Crippen molar-refractivity contribution in [2.45, 2.75) is 32.7 Å². The molecule has 3 nitrogen and oxygen atoms in total. The number of hydrogen-bond donors (Lipinski definition) is 0. The third kappa shape index (κ3) is 3.08. The summed E-state index contributed by atoms with van der Waals surface area (Å²) in [4.78, 5) is 13.9. The molecule has 0 radical (unpaired) electrons. The highest BCUT2D eigenvalue weighted by Crippen LogP contribution is 2.23. The Morgan fingerprint density at radius 3 is 2.47 bits per heavy atom. The van der Waals surface area contributed by atoms with Crippen LogP contribution in [-0.4, -0.2) is 43.0 Å².